The first kappa shape index (κ1) is 11.3. The number of tetrazole rings is 1. The molecule has 0 atom stereocenters. The second-order valence-corrected chi connectivity index (χ2v) is 2.64. The van der Waals surface area contributed by atoms with Crippen molar-refractivity contribution in [2.45, 2.75) is 6.92 Å². The van der Waals surface area contributed by atoms with Gasteiger partial charge in [0.2, 0.25) is 0 Å². The third-order valence-corrected chi connectivity index (χ3v) is 1.69. The summed E-state index contributed by atoms with van der Waals surface area (Å²) in [5.41, 5.74) is 6.97. The van der Waals surface area contributed by atoms with Crippen molar-refractivity contribution in [1.29, 1.82) is 0 Å². The number of rotatable bonds is 1. The van der Waals surface area contributed by atoms with Gasteiger partial charge in [-0.3, -0.25) is 4.68 Å². The summed E-state index contributed by atoms with van der Waals surface area (Å²) in [6.45, 7) is 1.83. The van der Waals surface area contributed by atoms with E-state index in [0.717, 1.165) is 11.5 Å². The zero-order valence-electron chi connectivity index (χ0n) is 7.68. The smallest absolute Gasteiger partial charge is 0.141 e. The van der Waals surface area contributed by atoms with Gasteiger partial charge in [-0.05, 0) is 17.8 Å². The molecule has 14 heavy (non-hydrogen) atoms. The molecular formula is C8H8N5Y-. The first-order valence-corrected chi connectivity index (χ1v) is 3.80. The SMILES string of the molecule is Cc1nnnn1-c1c[c-]c(N)cc1.[Y]. The second-order valence-electron chi connectivity index (χ2n) is 2.64. The summed E-state index contributed by atoms with van der Waals surface area (Å²) < 4.78 is 1.62. The van der Waals surface area contributed by atoms with Gasteiger partial charge in [-0.2, -0.15) is 6.07 Å². The normalized spacial score (nSPS) is 9.50. The van der Waals surface area contributed by atoms with Gasteiger partial charge in [0.1, 0.15) is 5.82 Å². The van der Waals surface area contributed by atoms with Crippen molar-refractivity contribution in [1.82, 2.24) is 20.2 Å². The molecule has 0 aliphatic heterocycles. The Balaban J connectivity index is 0.000000980. The quantitative estimate of drug-likeness (QED) is 0.595. The predicted octanol–water partition coefficient (Wildman–Crippen LogP) is 0.351. The molecule has 0 bridgehead atoms. The number of nitrogens with two attached hydrogens (primary N) is 1. The number of nitrogen functional groups attached to an aromatic ring is 1. The number of aromatic nitrogens is 4. The minimum Gasteiger partial charge on any atom is -0.420 e. The standard InChI is InChI=1S/C8H8N5.Y/c1-6-10-11-12-13(6)8-4-2-7(9)3-5-8;/h2,4-5H,9H2,1H3;/q-1;. The first-order chi connectivity index (χ1) is 6.27. The van der Waals surface area contributed by atoms with E-state index in [1.54, 1.807) is 16.8 Å². The van der Waals surface area contributed by atoms with Gasteiger partial charge in [0.15, 0.2) is 0 Å². The van der Waals surface area contributed by atoms with Gasteiger partial charge in [-0.15, -0.1) is 23.3 Å². The Morgan fingerprint density at radius 3 is 2.71 bits per heavy atom. The maximum absolute atomic E-state index is 5.50. The molecule has 1 radical (unpaired) electrons. The predicted molar refractivity (Wildman–Crippen MR) is 47.1 cm³/mol. The molecule has 0 unspecified atom stereocenters. The van der Waals surface area contributed by atoms with E-state index in [4.69, 9.17) is 5.73 Å². The molecule has 0 aliphatic rings. The van der Waals surface area contributed by atoms with Crippen molar-refractivity contribution in [3.05, 3.63) is 30.1 Å². The van der Waals surface area contributed by atoms with E-state index in [9.17, 15) is 0 Å². The molecule has 2 rings (SSSR count). The number of aryl methyl sites for hydroxylation is 1. The van der Waals surface area contributed by atoms with Crippen LogP contribution in [0.1, 0.15) is 5.82 Å². The summed E-state index contributed by atoms with van der Waals surface area (Å²) in [7, 11) is 0. The molecule has 1 aromatic heterocycles. The average Bonchev–Trinajstić information content (AvgIpc) is 2.53. The molecule has 0 saturated heterocycles. The summed E-state index contributed by atoms with van der Waals surface area (Å²) in [6, 6.07) is 8.23. The molecule has 0 aliphatic carbocycles. The van der Waals surface area contributed by atoms with Crippen LogP contribution in [0.25, 0.3) is 5.69 Å². The van der Waals surface area contributed by atoms with E-state index in [0.29, 0.717) is 5.69 Å². The molecule has 0 fully saturated rings. The van der Waals surface area contributed by atoms with Crippen LogP contribution < -0.4 is 5.73 Å². The fourth-order valence-corrected chi connectivity index (χ4v) is 1.03. The first-order valence-electron chi connectivity index (χ1n) is 3.80. The number of hydrogen-bond acceptors (Lipinski definition) is 4. The Kier molecular flexibility index (Phi) is 3.72. The Labute approximate surface area is 107 Å². The van der Waals surface area contributed by atoms with Gasteiger partial charge >= 0.3 is 0 Å². The third-order valence-electron chi connectivity index (χ3n) is 1.69. The van der Waals surface area contributed by atoms with Gasteiger partial charge in [-0.1, -0.05) is 10.9 Å². The van der Waals surface area contributed by atoms with Crippen molar-refractivity contribution in [3.63, 3.8) is 0 Å². The van der Waals surface area contributed by atoms with Crippen molar-refractivity contribution < 1.29 is 32.7 Å². The fraction of sp³-hybridized carbons (Fsp3) is 0.125. The fourth-order valence-electron chi connectivity index (χ4n) is 1.03. The van der Waals surface area contributed by atoms with E-state index in [-0.39, 0.29) is 32.7 Å². The van der Waals surface area contributed by atoms with Crippen LogP contribution in [0, 0.1) is 13.0 Å². The molecule has 69 valence electrons. The number of hydrogen-bond donors (Lipinski definition) is 1. The number of anilines is 1. The van der Waals surface area contributed by atoms with Gasteiger partial charge in [0.25, 0.3) is 0 Å². The molecule has 0 spiro atoms. The van der Waals surface area contributed by atoms with Crippen LogP contribution in [-0.2, 0) is 32.7 Å². The van der Waals surface area contributed by atoms with E-state index in [1.165, 1.54) is 0 Å². The molecule has 1 aromatic carbocycles. The van der Waals surface area contributed by atoms with Crippen LogP contribution in [0.4, 0.5) is 5.69 Å². The maximum Gasteiger partial charge on any atom is 0.141 e. The summed E-state index contributed by atoms with van der Waals surface area (Å²) in [6.07, 6.45) is 0. The zero-order valence-corrected chi connectivity index (χ0v) is 10.5. The molecule has 1 heterocycles. The third kappa shape index (κ3) is 2.16. The topological polar surface area (TPSA) is 69.6 Å². The maximum atomic E-state index is 5.50. The van der Waals surface area contributed by atoms with E-state index >= 15 is 0 Å². The molecular weight excluding hydrogens is 255 g/mol. The number of benzene rings is 1. The molecule has 5 nitrogen and oxygen atoms in total. The van der Waals surface area contributed by atoms with Crippen LogP contribution >= 0.6 is 0 Å². The van der Waals surface area contributed by atoms with Crippen molar-refractivity contribution >= 4 is 5.69 Å². The Morgan fingerprint density at radius 1 is 1.43 bits per heavy atom. The monoisotopic (exact) mass is 263 g/mol. The minimum absolute atomic E-state index is 0. The summed E-state index contributed by atoms with van der Waals surface area (Å²) in [5.74, 6) is 0.734. The van der Waals surface area contributed by atoms with Crippen LogP contribution in [0.5, 0.6) is 0 Å². The zero-order chi connectivity index (χ0) is 9.26. The summed E-state index contributed by atoms with van der Waals surface area (Å²) in [4.78, 5) is 0. The van der Waals surface area contributed by atoms with Gasteiger partial charge in [0.05, 0.1) is 0 Å². The van der Waals surface area contributed by atoms with Crippen LogP contribution in [0.2, 0.25) is 0 Å². The van der Waals surface area contributed by atoms with Crippen molar-refractivity contribution in [2.75, 3.05) is 5.73 Å². The van der Waals surface area contributed by atoms with Crippen LogP contribution in [0.15, 0.2) is 18.2 Å². The second kappa shape index (κ2) is 4.62. The van der Waals surface area contributed by atoms with Crippen LogP contribution in [0.3, 0.4) is 0 Å². The van der Waals surface area contributed by atoms with Crippen molar-refractivity contribution in [3.8, 4) is 5.69 Å². The Hall–Kier alpha value is -0.806. The largest absolute Gasteiger partial charge is 0.420 e. The molecule has 6 heteroatoms. The summed E-state index contributed by atoms with van der Waals surface area (Å²) >= 11 is 0. The van der Waals surface area contributed by atoms with Crippen LogP contribution in [-0.4, -0.2) is 20.2 Å². The molecule has 0 amide bonds. The van der Waals surface area contributed by atoms with Crippen molar-refractivity contribution in [2.24, 2.45) is 0 Å². The van der Waals surface area contributed by atoms with Gasteiger partial charge < -0.3 is 5.73 Å². The van der Waals surface area contributed by atoms with Gasteiger partial charge in [0, 0.05) is 32.7 Å². The van der Waals surface area contributed by atoms with Gasteiger partial charge in [-0.25, -0.2) is 0 Å². The molecule has 2 aromatic rings. The molecule has 0 saturated carbocycles. The van der Waals surface area contributed by atoms with E-state index < -0.39 is 0 Å². The van der Waals surface area contributed by atoms with E-state index in [1.807, 2.05) is 13.0 Å². The summed E-state index contributed by atoms with van der Waals surface area (Å²) in [5, 5.41) is 11.1. The Morgan fingerprint density at radius 2 is 2.21 bits per heavy atom. The van der Waals surface area contributed by atoms with E-state index in [2.05, 4.69) is 21.6 Å². The number of nitrogens with zero attached hydrogens (tertiary/aromatic N) is 4. The minimum atomic E-state index is 0. The Bertz CT molecular complexity index is 408. The molecule has 2 N–H and O–H groups in total. The average molecular weight is 263 g/mol.